The Bertz CT molecular complexity index is 636. The molecule has 92 valence electrons. The number of aromatic hydroxyl groups is 1. The van der Waals surface area contributed by atoms with E-state index in [1.54, 1.807) is 5.32 Å². The van der Waals surface area contributed by atoms with Crippen LogP contribution in [0.3, 0.4) is 0 Å². The summed E-state index contributed by atoms with van der Waals surface area (Å²) < 4.78 is 0. The molecule has 18 heavy (non-hydrogen) atoms. The van der Waals surface area contributed by atoms with Gasteiger partial charge in [-0.1, -0.05) is 0 Å². The molecule has 2 N–H and O–H groups in total. The molecule has 10 nitrogen and oxygen atoms in total. The van der Waals surface area contributed by atoms with Crippen LogP contribution in [-0.4, -0.2) is 26.8 Å². The summed E-state index contributed by atoms with van der Waals surface area (Å²) in [5.74, 6) is -3.32. The van der Waals surface area contributed by atoms with Gasteiger partial charge in [0.15, 0.2) is 0 Å². The Morgan fingerprint density at radius 1 is 1.11 bits per heavy atom. The van der Waals surface area contributed by atoms with Crippen LogP contribution >= 0.6 is 0 Å². The smallest absolute Gasteiger partial charge is 0.331 e. The van der Waals surface area contributed by atoms with Gasteiger partial charge in [0.25, 0.3) is 17.6 Å². The van der Waals surface area contributed by atoms with Crippen LogP contribution in [0.1, 0.15) is 20.7 Å². The Labute approximate surface area is 97.1 Å². The van der Waals surface area contributed by atoms with Crippen LogP contribution in [0.5, 0.6) is 5.75 Å². The van der Waals surface area contributed by atoms with Gasteiger partial charge in [-0.25, -0.2) is 0 Å². The Balaban J connectivity index is 2.91. The van der Waals surface area contributed by atoms with Crippen molar-refractivity contribution >= 4 is 23.2 Å². The number of hydrogen-bond donors (Lipinski definition) is 2. The van der Waals surface area contributed by atoms with Crippen molar-refractivity contribution in [2.75, 3.05) is 0 Å². The molecular weight excluding hydrogens is 250 g/mol. The van der Waals surface area contributed by atoms with E-state index in [2.05, 4.69) is 0 Å². The summed E-state index contributed by atoms with van der Waals surface area (Å²) in [4.78, 5) is 41.7. The van der Waals surface area contributed by atoms with E-state index >= 15 is 0 Å². The number of benzene rings is 1. The number of nitro groups is 2. The first kappa shape index (κ1) is 11.4. The minimum Gasteiger partial charge on any atom is -0.497 e. The molecule has 0 fully saturated rings. The predicted molar refractivity (Wildman–Crippen MR) is 53.2 cm³/mol. The maximum absolute atomic E-state index is 11.3. The van der Waals surface area contributed by atoms with Gasteiger partial charge < -0.3 is 5.11 Å². The topological polar surface area (TPSA) is 153 Å². The number of carbonyl (C=O) groups is 2. The molecule has 0 unspecified atom stereocenters. The molecule has 1 heterocycles. The van der Waals surface area contributed by atoms with E-state index in [4.69, 9.17) is 0 Å². The number of phenols is 1. The van der Waals surface area contributed by atoms with Crippen molar-refractivity contribution in [2.24, 2.45) is 0 Å². The summed E-state index contributed by atoms with van der Waals surface area (Å²) in [6.45, 7) is 0. The molecule has 1 aliphatic rings. The monoisotopic (exact) mass is 253 g/mol. The molecule has 0 saturated heterocycles. The maximum atomic E-state index is 11.3. The van der Waals surface area contributed by atoms with Crippen LogP contribution in [0.25, 0.3) is 0 Å². The zero-order valence-electron chi connectivity index (χ0n) is 8.37. The predicted octanol–water partition coefficient (Wildman–Crippen LogP) is 0.0922. The van der Waals surface area contributed by atoms with Crippen molar-refractivity contribution in [3.8, 4) is 5.75 Å². The molecule has 0 aliphatic carbocycles. The Hall–Kier alpha value is -3.04. The highest BCUT2D eigenvalue weighted by molar-refractivity contribution is 6.24. The highest BCUT2D eigenvalue weighted by atomic mass is 16.6. The molecule has 0 atom stereocenters. The Kier molecular flexibility index (Phi) is 2.21. The number of rotatable bonds is 2. The van der Waals surface area contributed by atoms with E-state index in [9.17, 15) is 34.9 Å². The van der Waals surface area contributed by atoms with Crippen LogP contribution in [0, 0.1) is 20.2 Å². The zero-order valence-corrected chi connectivity index (χ0v) is 8.37. The van der Waals surface area contributed by atoms with E-state index in [-0.39, 0.29) is 0 Å². The minimum atomic E-state index is -1.26. The molecule has 0 spiro atoms. The number of carbonyl (C=O) groups excluding carboxylic acids is 2. The number of nitro benzene ring substituents is 2. The van der Waals surface area contributed by atoms with Gasteiger partial charge >= 0.3 is 11.4 Å². The minimum absolute atomic E-state index is 0.504. The zero-order chi connectivity index (χ0) is 13.6. The second kappa shape index (κ2) is 3.48. The highest BCUT2D eigenvalue weighted by Gasteiger charge is 2.41. The van der Waals surface area contributed by atoms with E-state index in [1.165, 1.54) is 0 Å². The lowest BCUT2D eigenvalue weighted by molar-refractivity contribution is -0.396. The van der Waals surface area contributed by atoms with Gasteiger partial charge in [-0.05, 0) is 0 Å². The molecule has 0 saturated carbocycles. The lowest BCUT2D eigenvalue weighted by Gasteiger charge is -2.01. The first-order chi connectivity index (χ1) is 8.34. The van der Waals surface area contributed by atoms with Crippen LogP contribution in [0.15, 0.2) is 6.07 Å². The summed E-state index contributed by atoms with van der Waals surface area (Å²) >= 11 is 0. The second-order valence-corrected chi connectivity index (χ2v) is 3.31. The fourth-order valence-corrected chi connectivity index (χ4v) is 1.60. The Morgan fingerprint density at radius 2 is 1.72 bits per heavy atom. The van der Waals surface area contributed by atoms with Gasteiger partial charge in [0.05, 0.1) is 15.4 Å². The van der Waals surface area contributed by atoms with Crippen LogP contribution in [-0.2, 0) is 0 Å². The molecule has 1 aliphatic heterocycles. The third-order valence-electron chi connectivity index (χ3n) is 2.33. The lowest BCUT2D eigenvalue weighted by atomic mass is 10.1. The van der Waals surface area contributed by atoms with Crippen molar-refractivity contribution in [2.45, 2.75) is 0 Å². The second-order valence-electron chi connectivity index (χ2n) is 3.31. The number of amides is 2. The number of fused-ring (bicyclic) bond motifs is 1. The quantitative estimate of drug-likeness (QED) is 0.430. The fraction of sp³-hybridized carbons (Fsp3) is 0. The van der Waals surface area contributed by atoms with E-state index in [0.29, 0.717) is 6.07 Å². The lowest BCUT2D eigenvalue weighted by Crippen LogP contribution is -2.20. The molecule has 2 amide bonds. The molecule has 10 heteroatoms. The van der Waals surface area contributed by atoms with Gasteiger partial charge in [0.2, 0.25) is 0 Å². The van der Waals surface area contributed by atoms with Crippen LogP contribution < -0.4 is 5.32 Å². The molecule has 0 bridgehead atoms. The van der Waals surface area contributed by atoms with Gasteiger partial charge in [-0.2, -0.15) is 0 Å². The van der Waals surface area contributed by atoms with Crippen molar-refractivity contribution in [3.05, 3.63) is 37.4 Å². The van der Waals surface area contributed by atoms with Gasteiger partial charge in [-0.3, -0.25) is 35.1 Å². The van der Waals surface area contributed by atoms with Gasteiger partial charge in [-0.15, -0.1) is 0 Å². The molecule has 1 aromatic carbocycles. The van der Waals surface area contributed by atoms with Crippen molar-refractivity contribution in [1.29, 1.82) is 0 Å². The van der Waals surface area contributed by atoms with Crippen molar-refractivity contribution < 1.29 is 24.5 Å². The van der Waals surface area contributed by atoms with Gasteiger partial charge in [0.1, 0.15) is 5.56 Å². The summed E-state index contributed by atoms with van der Waals surface area (Å²) in [5, 5.41) is 32.5. The average Bonchev–Trinajstić information content (AvgIpc) is 2.52. The summed E-state index contributed by atoms with van der Waals surface area (Å²) in [5.41, 5.74) is -3.34. The molecular formula is C8H3N3O7. The van der Waals surface area contributed by atoms with Gasteiger partial charge in [0, 0.05) is 6.07 Å². The van der Waals surface area contributed by atoms with E-state index in [0.717, 1.165) is 0 Å². The molecule has 2 rings (SSSR count). The summed E-state index contributed by atoms with van der Waals surface area (Å²) in [6, 6.07) is 0.623. The van der Waals surface area contributed by atoms with Crippen molar-refractivity contribution in [3.63, 3.8) is 0 Å². The molecule has 1 aromatic rings. The van der Waals surface area contributed by atoms with Crippen molar-refractivity contribution in [1.82, 2.24) is 5.32 Å². The SMILES string of the molecule is O=C1NC(=O)c2c1cc([N+](=O)[O-])c(O)c2[N+](=O)[O-]. The normalized spacial score (nSPS) is 13.1. The summed E-state index contributed by atoms with van der Waals surface area (Å²) in [7, 11) is 0. The number of phenolic OH excluding ortho intramolecular Hbond substituents is 1. The largest absolute Gasteiger partial charge is 0.497 e. The Morgan fingerprint density at radius 3 is 2.22 bits per heavy atom. The molecule has 0 aromatic heterocycles. The first-order valence-corrected chi connectivity index (χ1v) is 4.39. The third kappa shape index (κ3) is 1.36. The van der Waals surface area contributed by atoms with E-state index < -0.39 is 49.9 Å². The third-order valence-corrected chi connectivity index (χ3v) is 2.33. The number of nitrogens with zero attached hydrogens (tertiary/aromatic N) is 2. The number of imide groups is 1. The summed E-state index contributed by atoms with van der Waals surface area (Å²) in [6.07, 6.45) is 0. The maximum Gasteiger partial charge on any atom is 0.331 e. The van der Waals surface area contributed by atoms with Crippen LogP contribution in [0.2, 0.25) is 0 Å². The first-order valence-electron chi connectivity index (χ1n) is 4.39. The fourth-order valence-electron chi connectivity index (χ4n) is 1.60. The molecule has 0 radical (unpaired) electrons. The number of hydrogen-bond acceptors (Lipinski definition) is 7. The standard InChI is InChI=1S/C8H3N3O7/c12-6-3(10(15)16)1-2-4(5(6)11(17)18)8(14)9-7(2)13/h1,12H,(H,9,13,14). The highest BCUT2D eigenvalue weighted by Crippen LogP contribution is 2.41. The van der Waals surface area contributed by atoms with Crippen LogP contribution in [0.4, 0.5) is 11.4 Å². The number of nitrogens with one attached hydrogen (secondary N) is 1. The van der Waals surface area contributed by atoms with E-state index in [1.807, 2.05) is 0 Å². The average molecular weight is 253 g/mol.